The Labute approximate surface area is 100 Å². The maximum Gasteiger partial charge on any atom is 0.304 e. The first kappa shape index (κ1) is 11.5. The monoisotopic (exact) mass is 229 g/mol. The van der Waals surface area contributed by atoms with Gasteiger partial charge in [-0.3, -0.25) is 4.79 Å². The van der Waals surface area contributed by atoms with E-state index in [9.17, 15) is 4.79 Å². The molecule has 1 heterocycles. The van der Waals surface area contributed by atoms with Crippen LogP contribution in [0.4, 0.5) is 0 Å². The Balaban J connectivity index is 2.35. The lowest BCUT2D eigenvalue weighted by Crippen LogP contribution is -2.07. The molecule has 3 heteroatoms. The molecule has 1 N–H and O–H groups in total. The topological polar surface area (TPSA) is 42.2 Å². The van der Waals surface area contributed by atoms with Gasteiger partial charge in [0.05, 0.1) is 6.42 Å². The number of aryl methyl sites for hydroxylation is 1. The van der Waals surface area contributed by atoms with Gasteiger partial charge in [-0.2, -0.15) is 0 Å². The second kappa shape index (κ2) is 4.87. The molecule has 1 aromatic heterocycles. The second-order valence-electron chi connectivity index (χ2n) is 4.17. The molecule has 17 heavy (non-hydrogen) atoms. The van der Waals surface area contributed by atoms with Crippen LogP contribution in [0.5, 0.6) is 0 Å². The van der Waals surface area contributed by atoms with E-state index in [1.807, 2.05) is 60.4 Å². The van der Waals surface area contributed by atoms with Crippen LogP contribution in [0, 0.1) is 0 Å². The smallest absolute Gasteiger partial charge is 0.304 e. The maximum atomic E-state index is 11.0. The van der Waals surface area contributed by atoms with Gasteiger partial charge in [-0.25, -0.2) is 0 Å². The fraction of sp³-hybridized carbons (Fsp3) is 0.214. The van der Waals surface area contributed by atoms with E-state index in [2.05, 4.69) is 0 Å². The zero-order chi connectivity index (χ0) is 12.3. The molecule has 3 nitrogen and oxygen atoms in total. The molecule has 0 spiro atoms. The molecule has 2 aromatic rings. The van der Waals surface area contributed by atoms with Crippen LogP contribution in [-0.2, 0) is 11.8 Å². The van der Waals surface area contributed by atoms with Crippen LogP contribution in [0.1, 0.15) is 23.5 Å². The number of hydrogen-bond acceptors (Lipinski definition) is 1. The Bertz CT molecular complexity index is 502. The molecule has 0 saturated carbocycles. The Morgan fingerprint density at radius 3 is 2.47 bits per heavy atom. The molecule has 2 rings (SSSR count). The van der Waals surface area contributed by atoms with Gasteiger partial charge in [-0.05, 0) is 17.2 Å². The van der Waals surface area contributed by atoms with E-state index in [1.165, 1.54) is 0 Å². The van der Waals surface area contributed by atoms with Gasteiger partial charge in [0.25, 0.3) is 0 Å². The number of hydrogen-bond donors (Lipinski definition) is 1. The van der Waals surface area contributed by atoms with Crippen LogP contribution in [0.25, 0.3) is 0 Å². The lowest BCUT2D eigenvalue weighted by Gasteiger charge is -2.13. The fourth-order valence-corrected chi connectivity index (χ4v) is 2.02. The van der Waals surface area contributed by atoms with Crippen molar-refractivity contribution in [2.45, 2.75) is 12.3 Å². The van der Waals surface area contributed by atoms with Crippen molar-refractivity contribution < 1.29 is 9.90 Å². The average molecular weight is 229 g/mol. The summed E-state index contributed by atoms with van der Waals surface area (Å²) in [6, 6.07) is 11.7. The number of aromatic nitrogens is 1. The van der Waals surface area contributed by atoms with Crippen molar-refractivity contribution in [3.05, 3.63) is 59.9 Å². The number of carboxylic acid groups (broad SMARTS) is 1. The highest BCUT2D eigenvalue weighted by Gasteiger charge is 2.18. The van der Waals surface area contributed by atoms with Gasteiger partial charge >= 0.3 is 5.97 Å². The van der Waals surface area contributed by atoms with Crippen LogP contribution in [0.2, 0.25) is 0 Å². The number of aliphatic carboxylic acids is 1. The number of carboxylic acids is 1. The molecule has 88 valence electrons. The number of carbonyl (C=O) groups is 1. The van der Waals surface area contributed by atoms with Crippen molar-refractivity contribution in [3.8, 4) is 0 Å². The van der Waals surface area contributed by atoms with Gasteiger partial charge in [0.15, 0.2) is 0 Å². The lowest BCUT2D eigenvalue weighted by molar-refractivity contribution is -0.137. The van der Waals surface area contributed by atoms with E-state index in [-0.39, 0.29) is 12.3 Å². The number of benzene rings is 1. The molecule has 1 aromatic carbocycles. The van der Waals surface area contributed by atoms with Gasteiger partial charge in [0, 0.05) is 25.4 Å². The molecule has 0 bridgehead atoms. The lowest BCUT2D eigenvalue weighted by atomic mass is 9.90. The van der Waals surface area contributed by atoms with Gasteiger partial charge in [-0.15, -0.1) is 0 Å². The van der Waals surface area contributed by atoms with Crippen LogP contribution in [-0.4, -0.2) is 15.6 Å². The zero-order valence-corrected chi connectivity index (χ0v) is 9.71. The highest BCUT2D eigenvalue weighted by atomic mass is 16.4. The van der Waals surface area contributed by atoms with Crippen LogP contribution >= 0.6 is 0 Å². The summed E-state index contributed by atoms with van der Waals surface area (Å²) in [6.45, 7) is 0. The standard InChI is InChI=1S/C14H15NO2/c1-15-8-7-12(10-15)13(9-14(16)17)11-5-3-2-4-6-11/h2-8,10,13H,9H2,1H3,(H,16,17). The molecule has 0 aliphatic rings. The average Bonchev–Trinajstić information content (AvgIpc) is 2.73. The van der Waals surface area contributed by atoms with Crippen molar-refractivity contribution >= 4 is 5.97 Å². The Morgan fingerprint density at radius 1 is 1.24 bits per heavy atom. The van der Waals surface area contributed by atoms with Crippen LogP contribution < -0.4 is 0 Å². The molecule has 0 aliphatic carbocycles. The third-order valence-corrected chi connectivity index (χ3v) is 2.84. The first-order valence-corrected chi connectivity index (χ1v) is 5.55. The molecule has 1 unspecified atom stereocenters. The summed E-state index contributed by atoms with van der Waals surface area (Å²) in [5, 5.41) is 9.01. The van der Waals surface area contributed by atoms with E-state index in [0.29, 0.717) is 0 Å². The summed E-state index contributed by atoms with van der Waals surface area (Å²) in [4.78, 5) is 11.0. The van der Waals surface area contributed by atoms with Crippen molar-refractivity contribution in [1.29, 1.82) is 0 Å². The summed E-state index contributed by atoms with van der Waals surface area (Å²) in [6.07, 6.45) is 4.03. The van der Waals surface area contributed by atoms with Gasteiger partial charge in [0.1, 0.15) is 0 Å². The van der Waals surface area contributed by atoms with Crippen molar-refractivity contribution in [2.24, 2.45) is 7.05 Å². The highest BCUT2D eigenvalue weighted by Crippen LogP contribution is 2.27. The molecule has 0 saturated heterocycles. The normalized spacial score (nSPS) is 12.3. The minimum absolute atomic E-state index is 0.0742. The minimum Gasteiger partial charge on any atom is -0.481 e. The molecule has 0 aliphatic heterocycles. The Hall–Kier alpha value is -2.03. The van der Waals surface area contributed by atoms with Crippen LogP contribution in [0.3, 0.4) is 0 Å². The Morgan fingerprint density at radius 2 is 1.94 bits per heavy atom. The summed E-state index contributed by atoms with van der Waals surface area (Å²) < 4.78 is 1.94. The number of nitrogens with zero attached hydrogens (tertiary/aromatic N) is 1. The van der Waals surface area contributed by atoms with E-state index < -0.39 is 5.97 Å². The van der Waals surface area contributed by atoms with Crippen molar-refractivity contribution in [1.82, 2.24) is 4.57 Å². The Kier molecular flexibility index (Phi) is 3.28. The quantitative estimate of drug-likeness (QED) is 0.875. The third-order valence-electron chi connectivity index (χ3n) is 2.84. The first-order valence-electron chi connectivity index (χ1n) is 5.55. The second-order valence-corrected chi connectivity index (χ2v) is 4.17. The van der Waals surface area contributed by atoms with E-state index in [1.54, 1.807) is 0 Å². The van der Waals surface area contributed by atoms with Crippen molar-refractivity contribution in [2.75, 3.05) is 0 Å². The van der Waals surface area contributed by atoms with Gasteiger partial charge in [-0.1, -0.05) is 30.3 Å². The molecule has 1 atom stereocenters. The van der Waals surface area contributed by atoms with Gasteiger partial charge in [0.2, 0.25) is 0 Å². The van der Waals surface area contributed by atoms with Crippen molar-refractivity contribution in [3.63, 3.8) is 0 Å². The summed E-state index contributed by atoms with van der Waals surface area (Å²) in [5.41, 5.74) is 2.09. The van der Waals surface area contributed by atoms with E-state index in [4.69, 9.17) is 5.11 Å². The fourth-order valence-electron chi connectivity index (χ4n) is 2.02. The third kappa shape index (κ3) is 2.75. The predicted molar refractivity (Wildman–Crippen MR) is 66.0 cm³/mol. The van der Waals surface area contributed by atoms with E-state index >= 15 is 0 Å². The molecular weight excluding hydrogens is 214 g/mol. The van der Waals surface area contributed by atoms with Gasteiger partial charge < -0.3 is 9.67 Å². The molecular formula is C14H15NO2. The maximum absolute atomic E-state index is 11.0. The highest BCUT2D eigenvalue weighted by molar-refractivity contribution is 5.69. The van der Waals surface area contributed by atoms with Crippen LogP contribution in [0.15, 0.2) is 48.8 Å². The van der Waals surface area contributed by atoms with E-state index in [0.717, 1.165) is 11.1 Å². The predicted octanol–water partition coefficient (Wildman–Crippen LogP) is 2.63. The molecule has 0 radical (unpaired) electrons. The molecule has 0 fully saturated rings. The number of rotatable bonds is 4. The summed E-state index contributed by atoms with van der Waals surface area (Å²) in [7, 11) is 1.94. The first-order chi connectivity index (χ1) is 8.16. The molecule has 0 amide bonds. The summed E-state index contributed by atoms with van der Waals surface area (Å²) >= 11 is 0. The largest absolute Gasteiger partial charge is 0.481 e. The summed E-state index contributed by atoms with van der Waals surface area (Å²) in [5.74, 6) is -0.849. The SMILES string of the molecule is Cn1ccc(C(CC(=O)O)c2ccccc2)c1. The minimum atomic E-state index is -0.775. The zero-order valence-electron chi connectivity index (χ0n) is 9.71.